The van der Waals surface area contributed by atoms with Crippen molar-refractivity contribution < 1.29 is 24.3 Å². The molecule has 0 aliphatic heterocycles. The first-order chi connectivity index (χ1) is 18.8. The number of nitrogens with two attached hydrogens (primary N) is 1. The number of aliphatic hydroxyl groups is 1. The van der Waals surface area contributed by atoms with Crippen LogP contribution >= 0.6 is 0 Å². The molecule has 0 heterocycles. The van der Waals surface area contributed by atoms with Crippen molar-refractivity contribution in [3.05, 3.63) is 66.3 Å². The molecule has 7 N–H and O–H groups in total. The summed E-state index contributed by atoms with van der Waals surface area (Å²) in [7, 11) is 0. The fraction of sp³-hybridized carbons (Fsp3) is 0.467. The number of benzene rings is 1. The summed E-state index contributed by atoms with van der Waals surface area (Å²) in [5.41, 5.74) is 5.45. The molecule has 10 nitrogen and oxygen atoms in total. The van der Waals surface area contributed by atoms with Crippen LogP contribution in [0.2, 0.25) is 0 Å². The molecule has 218 valence electrons. The number of hydrogen-bond acceptors (Lipinski definition) is 5. The molecular formula is C30H43N5O5. The summed E-state index contributed by atoms with van der Waals surface area (Å²) in [5.74, 6) is -1.40. The first kappa shape index (κ1) is 32.3. The second-order valence-electron chi connectivity index (χ2n) is 11.1. The molecule has 1 aromatic carbocycles. The lowest BCUT2D eigenvalue weighted by atomic mass is 9.53. The lowest BCUT2D eigenvalue weighted by Crippen LogP contribution is -2.63. The number of urea groups is 1. The third-order valence-corrected chi connectivity index (χ3v) is 6.94. The number of primary amides is 1. The molecule has 0 unspecified atom stereocenters. The van der Waals surface area contributed by atoms with Crippen molar-refractivity contribution in [3.8, 4) is 0 Å². The molecule has 0 bridgehead atoms. The molecule has 40 heavy (non-hydrogen) atoms. The Labute approximate surface area is 236 Å². The van der Waals surface area contributed by atoms with Gasteiger partial charge in [-0.25, -0.2) is 4.79 Å². The zero-order valence-electron chi connectivity index (χ0n) is 23.9. The van der Waals surface area contributed by atoms with Crippen LogP contribution in [0.25, 0.3) is 0 Å². The average Bonchev–Trinajstić information content (AvgIpc) is 2.88. The minimum Gasteiger partial charge on any atom is -0.392 e. The van der Waals surface area contributed by atoms with Crippen molar-refractivity contribution >= 4 is 29.4 Å². The summed E-state index contributed by atoms with van der Waals surface area (Å²) in [4.78, 5) is 51.5. The standard InChI is InChI=1S/C30H43N5O5/c1-6-7-8-10-20(2)21(3)33-26(38)30(18-29(4,5)19-30)27(39)35-24(11-9-16-32-28(31)40)25(37)34-23-14-12-22(17-36)13-15-23/h6-8,10,12-15,21,24,36H,2,9,11,16-19H2,1,3-5H3,(H,33,38)(H,34,37)(H,35,39)(H3,31,32,40)/b7-6-,10-8-/t21-,24+/m1/s1. The average molecular weight is 554 g/mol. The molecule has 2 rings (SSSR count). The highest BCUT2D eigenvalue weighted by Crippen LogP contribution is 2.54. The van der Waals surface area contributed by atoms with Gasteiger partial charge >= 0.3 is 6.03 Å². The molecule has 10 heteroatoms. The van der Waals surface area contributed by atoms with Crippen LogP contribution in [0.15, 0.2) is 60.7 Å². The topological polar surface area (TPSA) is 163 Å². The third-order valence-electron chi connectivity index (χ3n) is 6.94. The van der Waals surface area contributed by atoms with Crippen molar-refractivity contribution in [3.63, 3.8) is 0 Å². The SMILES string of the molecule is C=C(/C=C\C=C/C)[C@@H](C)NC(=O)C1(C(=O)N[C@@H](CCCNC(N)=O)C(=O)Nc2ccc(CO)cc2)CC(C)(C)C1. The number of anilines is 1. The molecule has 0 radical (unpaired) electrons. The van der Waals surface area contributed by atoms with E-state index in [1.807, 2.05) is 39.0 Å². The summed E-state index contributed by atoms with van der Waals surface area (Å²) in [6, 6.07) is 4.61. The van der Waals surface area contributed by atoms with E-state index >= 15 is 0 Å². The van der Waals surface area contributed by atoms with E-state index < -0.39 is 41.3 Å². The van der Waals surface area contributed by atoms with Gasteiger partial charge in [-0.15, -0.1) is 0 Å². The van der Waals surface area contributed by atoms with Crippen LogP contribution in [0, 0.1) is 10.8 Å². The molecule has 5 amide bonds. The number of amides is 5. The first-order valence-electron chi connectivity index (χ1n) is 13.5. The first-order valence-corrected chi connectivity index (χ1v) is 13.5. The Bertz CT molecular complexity index is 1130. The van der Waals surface area contributed by atoms with E-state index in [0.29, 0.717) is 36.1 Å². The predicted octanol–water partition coefficient (Wildman–Crippen LogP) is 3.05. The second kappa shape index (κ2) is 14.5. The summed E-state index contributed by atoms with van der Waals surface area (Å²) >= 11 is 0. The van der Waals surface area contributed by atoms with Gasteiger partial charge in [-0.3, -0.25) is 14.4 Å². The number of aliphatic hydroxyl groups excluding tert-OH is 1. The Morgan fingerprint density at radius 3 is 2.25 bits per heavy atom. The van der Waals surface area contributed by atoms with Crippen molar-refractivity contribution in [2.75, 3.05) is 11.9 Å². The molecule has 1 aliphatic carbocycles. The summed E-state index contributed by atoms with van der Waals surface area (Å²) in [5, 5.41) is 20.3. The molecule has 1 aliphatic rings. The van der Waals surface area contributed by atoms with Gasteiger partial charge < -0.3 is 32.1 Å². The molecule has 1 fully saturated rings. The summed E-state index contributed by atoms with van der Waals surface area (Å²) in [6.07, 6.45) is 8.58. The van der Waals surface area contributed by atoms with Gasteiger partial charge in [0, 0.05) is 12.2 Å². The fourth-order valence-corrected chi connectivity index (χ4v) is 4.87. The van der Waals surface area contributed by atoms with Crippen LogP contribution < -0.4 is 27.0 Å². The van der Waals surface area contributed by atoms with Gasteiger partial charge in [0.1, 0.15) is 11.5 Å². The largest absolute Gasteiger partial charge is 0.392 e. The maximum atomic E-state index is 13.7. The Balaban J connectivity index is 2.21. The Kier molecular flexibility index (Phi) is 11.7. The van der Waals surface area contributed by atoms with Crippen molar-refractivity contribution in [1.82, 2.24) is 16.0 Å². The van der Waals surface area contributed by atoms with E-state index in [4.69, 9.17) is 5.73 Å². The van der Waals surface area contributed by atoms with Gasteiger partial charge in [0.15, 0.2) is 0 Å². The van der Waals surface area contributed by atoms with Gasteiger partial charge in [-0.05, 0) is 68.2 Å². The van der Waals surface area contributed by atoms with Crippen molar-refractivity contribution in [1.29, 1.82) is 0 Å². The highest BCUT2D eigenvalue weighted by Gasteiger charge is 2.59. The minimum atomic E-state index is -1.34. The third kappa shape index (κ3) is 9.08. The van der Waals surface area contributed by atoms with E-state index in [0.717, 1.165) is 0 Å². The van der Waals surface area contributed by atoms with E-state index in [1.165, 1.54) is 0 Å². The lowest BCUT2D eigenvalue weighted by Gasteiger charge is -2.51. The lowest BCUT2D eigenvalue weighted by molar-refractivity contribution is -0.160. The zero-order valence-corrected chi connectivity index (χ0v) is 23.9. The fourth-order valence-electron chi connectivity index (χ4n) is 4.87. The Morgan fingerprint density at radius 1 is 1.07 bits per heavy atom. The second-order valence-corrected chi connectivity index (χ2v) is 11.1. The smallest absolute Gasteiger partial charge is 0.312 e. The zero-order chi connectivity index (χ0) is 29.9. The van der Waals surface area contributed by atoms with Crippen LogP contribution in [0.1, 0.15) is 58.9 Å². The maximum Gasteiger partial charge on any atom is 0.312 e. The van der Waals surface area contributed by atoms with Gasteiger partial charge in [0.25, 0.3) is 0 Å². The Morgan fingerprint density at radius 2 is 1.70 bits per heavy atom. The quantitative estimate of drug-likeness (QED) is 0.118. The van der Waals surface area contributed by atoms with E-state index in [1.54, 1.807) is 37.3 Å². The normalized spacial score (nSPS) is 16.9. The van der Waals surface area contributed by atoms with Crippen LogP contribution in [0.5, 0.6) is 0 Å². The number of allylic oxidation sites excluding steroid dienone is 3. The van der Waals surface area contributed by atoms with Crippen molar-refractivity contribution in [2.45, 2.75) is 72.1 Å². The monoisotopic (exact) mass is 553 g/mol. The van der Waals surface area contributed by atoms with Gasteiger partial charge in [0.2, 0.25) is 17.7 Å². The van der Waals surface area contributed by atoms with Gasteiger partial charge in [-0.2, -0.15) is 0 Å². The highest BCUT2D eigenvalue weighted by atomic mass is 16.3. The van der Waals surface area contributed by atoms with Gasteiger partial charge in [-0.1, -0.05) is 56.9 Å². The van der Waals surface area contributed by atoms with Crippen LogP contribution in [0.4, 0.5) is 10.5 Å². The van der Waals surface area contributed by atoms with E-state index in [9.17, 15) is 24.3 Å². The van der Waals surface area contributed by atoms with Crippen molar-refractivity contribution in [2.24, 2.45) is 16.6 Å². The number of hydrogen-bond donors (Lipinski definition) is 6. The molecule has 1 aromatic rings. The number of nitrogens with one attached hydrogen (secondary N) is 4. The summed E-state index contributed by atoms with van der Waals surface area (Å²) < 4.78 is 0. The number of carbonyl (C=O) groups is 4. The minimum absolute atomic E-state index is 0.127. The summed E-state index contributed by atoms with van der Waals surface area (Å²) in [6.45, 7) is 11.8. The molecule has 0 saturated heterocycles. The molecular weight excluding hydrogens is 510 g/mol. The Hall–Kier alpha value is -3.92. The molecule has 2 atom stereocenters. The molecule has 1 saturated carbocycles. The van der Waals surface area contributed by atoms with Crippen LogP contribution in [-0.2, 0) is 21.0 Å². The van der Waals surface area contributed by atoms with E-state index in [-0.39, 0.29) is 25.0 Å². The molecule has 0 spiro atoms. The number of rotatable bonds is 14. The maximum absolute atomic E-state index is 13.7. The predicted molar refractivity (Wildman–Crippen MR) is 156 cm³/mol. The van der Waals surface area contributed by atoms with Crippen LogP contribution in [0.3, 0.4) is 0 Å². The van der Waals surface area contributed by atoms with Crippen LogP contribution in [-0.4, -0.2) is 47.5 Å². The molecule has 0 aromatic heterocycles. The number of carbonyl (C=O) groups excluding carboxylic acids is 4. The van der Waals surface area contributed by atoms with E-state index in [2.05, 4.69) is 27.8 Å². The van der Waals surface area contributed by atoms with Gasteiger partial charge in [0.05, 0.1) is 12.6 Å². The highest BCUT2D eigenvalue weighted by molar-refractivity contribution is 6.08.